The molecule has 0 rings (SSSR count). The van der Waals surface area contributed by atoms with Crippen LogP contribution in [0.5, 0.6) is 0 Å². The summed E-state index contributed by atoms with van der Waals surface area (Å²) in [4.78, 5) is 43.6. The van der Waals surface area contributed by atoms with E-state index in [0.717, 1.165) is 44.9 Å². The van der Waals surface area contributed by atoms with Crippen molar-refractivity contribution >= 4 is 27.6 Å². The second kappa shape index (κ2) is 39.6. The fourth-order valence-electron chi connectivity index (χ4n) is 5.23. The van der Waals surface area contributed by atoms with E-state index < -0.39 is 85.5 Å². The lowest BCUT2D eigenvalue weighted by Crippen LogP contribution is -2.25. The third-order valence-corrected chi connectivity index (χ3v) is 10.5. The Morgan fingerprint density at radius 3 is 1.15 bits per heavy atom. The van der Waals surface area contributed by atoms with Gasteiger partial charge in [0.05, 0.1) is 26.4 Å². The fraction of sp³-hybridized carbons (Fsp3) is 0.721. The highest BCUT2D eigenvalue weighted by Gasteiger charge is 2.28. The van der Waals surface area contributed by atoms with Crippen LogP contribution in [0.2, 0.25) is 0 Å². The van der Waals surface area contributed by atoms with Gasteiger partial charge >= 0.3 is 27.6 Å². The molecule has 0 heterocycles. The van der Waals surface area contributed by atoms with Crippen LogP contribution < -0.4 is 0 Å². The number of phosphoric ester groups is 2. The van der Waals surface area contributed by atoms with Gasteiger partial charge in [-0.15, -0.1) is 0 Å². The molecule has 5 atom stereocenters. The van der Waals surface area contributed by atoms with Crippen LogP contribution in [-0.4, -0.2) is 95.0 Å². The van der Waals surface area contributed by atoms with Crippen molar-refractivity contribution in [2.75, 3.05) is 39.6 Å². The summed E-state index contributed by atoms with van der Waals surface area (Å²) >= 11 is 0. The molecule has 0 aliphatic heterocycles. The molecule has 348 valence electrons. The molecule has 0 saturated heterocycles. The molecule has 0 bridgehead atoms. The molecule has 5 N–H and O–H groups in total. The SMILES string of the molecule is CC/C=C/C=C/C=C\C=C/C=C/CCCCCC(=O)OCC(O)COP(=O)(O)OCC(O)COP(=O)(O)OCC(O)COC(=O)CCCCCCCCCCCCCCC. The first-order chi connectivity index (χ1) is 28.8. The van der Waals surface area contributed by atoms with Crippen molar-refractivity contribution in [3.8, 4) is 0 Å². The minimum atomic E-state index is -4.79. The van der Waals surface area contributed by atoms with Crippen molar-refractivity contribution in [3.63, 3.8) is 0 Å². The Bertz CT molecular complexity index is 1320. The summed E-state index contributed by atoms with van der Waals surface area (Å²) in [6, 6.07) is 0. The van der Waals surface area contributed by atoms with Crippen LogP contribution in [0.25, 0.3) is 0 Å². The Morgan fingerprint density at radius 1 is 0.450 bits per heavy atom. The Labute approximate surface area is 359 Å². The van der Waals surface area contributed by atoms with Crippen LogP contribution in [0.3, 0.4) is 0 Å². The van der Waals surface area contributed by atoms with E-state index in [2.05, 4.69) is 38.0 Å². The largest absolute Gasteiger partial charge is 0.472 e. The number of ether oxygens (including phenoxy) is 2. The molecule has 0 aromatic carbocycles. The Morgan fingerprint density at radius 2 is 0.767 bits per heavy atom. The minimum absolute atomic E-state index is 0.145. The normalized spacial score (nSPS) is 15.9. The second-order valence-corrected chi connectivity index (χ2v) is 17.4. The molecule has 0 fully saturated rings. The van der Waals surface area contributed by atoms with Gasteiger partial charge in [-0.05, 0) is 32.1 Å². The van der Waals surface area contributed by atoms with Crippen LogP contribution >= 0.6 is 15.6 Å². The molecule has 0 spiro atoms. The maximum absolute atomic E-state index is 12.1. The van der Waals surface area contributed by atoms with E-state index in [1.807, 2.05) is 54.7 Å². The van der Waals surface area contributed by atoms with Gasteiger partial charge in [-0.1, -0.05) is 158 Å². The maximum atomic E-state index is 12.1. The molecule has 0 aliphatic carbocycles. The number of rotatable bonds is 41. The highest BCUT2D eigenvalue weighted by Crippen LogP contribution is 2.45. The van der Waals surface area contributed by atoms with Crippen molar-refractivity contribution in [1.82, 2.24) is 0 Å². The lowest BCUT2D eigenvalue weighted by molar-refractivity contribution is -0.148. The first-order valence-electron chi connectivity index (χ1n) is 21.7. The average molecular weight is 895 g/mol. The van der Waals surface area contributed by atoms with E-state index in [0.29, 0.717) is 12.8 Å². The van der Waals surface area contributed by atoms with Crippen LogP contribution in [0.15, 0.2) is 60.8 Å². The van der Waals surface area contributed by atoms with Crippen molar-refractivity contribution < 1.29 is 71.4 Å². The second-order valence-electron chi connectivity index (χ2n) is 14.5. The molecule has 0 saturated carbocycles. The average Bonchev–Trinajstić information content (AvgIpc) is 3.22. The molecule has 15 nitrogen and oxygen atoms in total. The molecule has 0 aliphatic rings. The van der Waals surface area contributed by atoms with E-state index >= 15 is 0 Å². The van der Waals surface area contributed by atoms with Crippen molar-refractivity contribution in [3.05, 3.63) is 60.8 Å². The van der Waals surface area contributed by atoms with E-state index in [9.17, 15) is 43.8 Å². The predicted molar refractivity (Wildman–Crippen MR) is 233 cm³/mol. The number of allylic oxidation sites excluding steroid dienone is 10. The Kier molecular flexibility index (Phi) is 38.1. The van der Waals surface area contributed by atoms with Gasteiger partial charge in [-0.3, -0.25) is 27.7 Å². The first kappa shape index (κ1) is 57.7. The molecular formula is C43H76O15P2. The van der Waals surface area contributed by atoms with Crippen LogP contribution in [-0.2, 0) is 46.3 Å². The highest BCUT2D eigenvalue weighted by atomic mass is 31.2. The summed E-state index contributed by atoms with van der Waals surface area (Å²) in [6.07, 6.45) is 35.1. The molecule has 60 heavy (non-hydrogen) atoms. The van der Waals surface area contributed by atoms with Crippen molar-refractivity contribution in [1.29, 1.82) is 0 Å². The minimum Gasteiger partial charge on any atom is -0.463 e. The number of esters is 2. The van der Waals surface area contributed by atoms with E-state index in [1.165, 1.54) is 57.8 Å². The monoisotopic (exact) mass is 894 g/mol. The summed E-state index contributed by atoms with van der Waals surface area (Å²) in [5.41, 5.74) is 0. The van der Waals surface area contributed by atoms with Gasteiger partial charge < -0.3 is 34.6 Å². The molecule has 0 aromatic rings. The van der Waals surface area contributed by atoms with Crippen molar-refractivity contribution in [2.45, 2.75) is 161 Å². The zero-order valence-corrected chi connectivity index (χ0v) is 37.9. The first-order valence-corrected chi connectivity index (χ1v) is 24.7. The van der Waals surface area contributed by atoms with Gasteiger partial charge in [-0.2, -0.15) is 0 Å². The van der Waals surface area contributed by atoms with E-state index in [4.69, 9.17) is 9.47 Å². The molecule has 0 aromatic heterocycles. The van der Waals surface area contributed by atoms with Crippen LogP contribution in [0, 0.1) is 0 Å². The molecule has 5 unspecified atom stereocenters. The zero-order chi connectivity index (χ0) is 44.6. The predicted octanol–water partition coefficient (Wildman–Crippen LogP) is 9.05. The summed E-state index contributed by atoms with van der Waals surface area (Å²) in [7, 11) is -9.58. The number of aliphatic hydroxyl groups excluding tert-OH is 3. The number of phosphoric acid groups is 2. The van der Waals surface area contributed by atoms with Crippen LogP contribution in [0.1, 0.15) is 142 Å². The Balaban J connectivity index is 3.98. The molecule has 17 heteroatoms. The lowest BCUT2D eigenvalue weighted by Gasteiger charge is -2.19. The van der Waals surface area contributed by atoms with E-state index in [-0.39, 0.29) is 12.8 Å². The summed E-state index contributed by atoms with van der Waals surface area (Å²) in [6.45, 7) is 0.198. The van der Waals surface area contributed by atoms with E-state index in [1.54, 1.807) is 0 Å². The highest BCUT2D eigenvalue weighted by molar-refractivity contribution is 7.47. The van der Waals surface area contributed by atoms with Gasteiger partial charge in [0.1, 0.15) is 31.5 Å². The zero-order valence-electron chi connectivity index (χ0n) is 36.1. The van der Waals surface area contributed by atoms with Gasteiger partial charge in [0, 0.05) is 12.8 Å². The number of aliphatic hydroxyl groups is 3. The maximum Gasteiger partial charge on any atom is 0.472 e. The van der Waals surface area contributed by atoms with Crippen molar-refractivity contribution in [2.24, 2.45) is 0 Å². The number of unbranched alkanes of at least 4 members (excludes halogenated alkanes) is 15. The van der Waals surface area contributed by atoms with Gasteiger partial charge in [-0.25, -0.2) is 9.13 Å². The third-order valence-electron chi connectivity index (χ3n) is 8.62. The lowest BCUT2D eigenvalue weighted by atomic mass is 10.0. The topological polar surface area (TPSA) is 225 Å². The number of hydrogen-bond donors (Lipinski definition) is 5. The summed E-state index contributed by atoms with van der Waals surface area (Å²) < 4.78 is 52.8. The number of hydrogen-bond acceptors (Lipinski definition) is 13. The summed E-state index contributed by atoms with van der Waals surface area (Å²) in [5.74, 6) is -1.04. The fourth-order valence-corrected chi connectivity index (χ4v) is 6.82. The van der Waals surface area contributed by atoms with Gasteiger partial charge in [0.25, 0.3) is 0 Å². The molecule has 0 amide bonds. The third kappa shape index (κ3) is 41.1. The number of carbonyl (C=O) groups excluding carboxylic acids is 2. The Hall–Kier alpha value is -2.26. The smallest absolute Gasteiger partial charge is 0.463 e. The molecular weight excluding hydrogens is 818 g/mol. The standard InChI is InChI=1S/C43H76O15P2/c1-3-5-7-9-11-13-15-17-18-20-22-24-26-28-30-32-43(48)54-34-40(45)36-56-60(51,52)58-38-41(46)37-57-59(49,50)55-35-39(44)33-53-42(47)31-29-27-25-23-21-19-16-14-12-10-8-6-4-2/h5,7,9,11,13,15,17-18,20,22,39-41,44-46H,3-4,6,8,10,12,14,16,19,21,23-38H2,1-2H3,(H,49,50)(H,51,52)/b7-5+,11-9+,15-13-,18-17-,22-20+. The summed E-state index contributed by atoms with van der Waals surface area (Å²) in [5, 5.41) is 29.9. The van der Waals surface area contributed by atoms with Gasteiger partial charge in [0.15, 0.2) is 0 Å². The number of carbonyl (C=O) groups is 2. The molecule has 0 radical (unpaired) electrons. The van der Waals surface area contributed by atoms with Gasteiger partial charge in [0.2, 0.25) is 0 Å². The quantitative estimate of drug-likeness (QED) is 0.0167. The van der Waals surface area contributed by atoms with Crippen LogP contribution in [0.4, 0.5) is 0 Å².